The molecule has 0 amide bonds. The lowest BCUT2D eigenvalue weighted by molar-refractivity contribution is -0.141. The zero-order valence-electron chi connectivity index (χ0n) is 14.0. The molecule has 0 unspecified atom stereocenters. The predicted octanol–water partition coefficient (Wildman–Crippen LogP) is 3.13. The summed E-state index contributed by atoms with van der Waals surface area (Å²) in [5.74, 6) is -0.506. The first-order valence-electron chi connectivity index (χ1n) is 7.53. The maximum absolute atomic E-state index is 12.6. The van der Waals surface area contributed by atoms with E-state index in [2.05, 4.69) is 4.40 Å². The highest BCUT2D eigenvalue weighted by molar-refractivity contribution is 7.90. The van der Waals surface area contributed by atoms with E-state index in [0.717, 1.165) is 21.6 Å². The van der Waals surface area contributed by atoms with Crippen LogP contribution in [-0.4, -0.2) is 26.1 Å². The zero-order chi connectivity index (χ0) is 18.9. The molecule has 0 fully saturated rings. The zero-order valence-corrected chi connectivity index (χ0v) is 16.4. The summed E-state index contributed by atoms with van der Waals surface area (Å²) in [4.78, 5) is 12.0. The molecule has 0 bridgehead atoms. The monoisotopic (exact) mass is 410 g/mol. The number of benzene rings is 2. The molecule has 3 rings (SSSR count). The standard InChI is InChI=1S/C17H15ClN2O4S2/c1-11-3-6-13(7-4-11)26(22,23)19-17-20(10-16(21)24-2)14-8-5-12(18)9-15(14)25-17/h3-9H,10H2,1-2H3/b19-17-. The van der Waals surface area contributed by atoms with Gasteiger partial charge in [0.05, 0.1) is 22.2 Å². The van der Waals surface area contributed by atoms with Gasteiger partial charge in [0.2, 0.25) is 4.80 Å². The molecule has 2 aromatic carbocycles. The second kappa shape index (κ2) is 7.22. The summed E-state index contributed by atoms with van der Waals surface area (Å²) in [6.07, 6.45) is 0. The van der Waals surface area contributed by atoms with Gasteiger partial charge in [0.1, 0.15) is 6.54 Å². The minimum absolute atomic E-state index is 0.0863. The van der Waals surface area contributed by atoms with Crippen LogP contribution in [0, 0.1) is 6.92 Å². The Morgan fingerprint density at radius 3 is 2.58 bits per heavy atom. The highest BCUT2D eigenvalue weighted by Gasteiger charge is 2.16. The quantitative estimate of drug-likeness (QED) is 0.619. The van der Waals surface area contributed by atoms with E-state index in [1.54, 1.807) is 30.3 Å². The first-order chi connectivity index (χ1) is 12.3. The van der Waals surface area contributed by atoms with Crippen LogP contribution in [0.4, 0.5) is 0 Å². The minimum Gasteiger partial charge on any atom is -0.468 e. The average molecular weight is 411 g/mol. The van der Waals surface area contributed by atoms with Gasteiger partial charge in [-0.05, 0) is 37.3 Å². The maximum Gasteiger partial charge on any atom is 0.325 e. The number of rotatable bonds is 4. The van der Waals surface area contributed by atoms with Gasteiger partial charge in [-0.2, -0.15) is 8.42 Å². The summed E-state index contributed by atoms with van der Waals surface area (Å²) in [7, 11) is -2.65. The molecule has 0 aliphatic heterocycles. The van der Waals surface area contributed by atoms with Crippen LogP contribution in [-0.2, 0) is 26.1 Å². The van der Waals surface area contributed by atoms with Crippen molar-refractivity contribution in [2.75, 3.05) is 7.11 Å². The second-order valence-corrected chi connectivity index (χ2v) is 8.59. The largest absolute Gasteiger partial charge is 0.468 e. The lowest BCUT2D eigenvalue weighted by Crippen LogP contribution is -2.22. The third kappa shape index (κ3) is 3.82. The summed E-state index contributed by atoms with van der Waals surface area (Å²) in [5, 5.41) is 0.511. The Hall–Kier alpha value is -2.16. The number of carbonyl (C=O) groups is 1. The molecule has 0 radical (unpaired) electrons. The topological polar surface area (TPSA) is 77.7 Å². The third-order valence-corrected chi connectivity index (χ3v) is 6.35. The van der Waals surface area contributed by atoms with E-state index in [-0.39, 0.29) is 16.2 Å². The van der Waals surface area contributed by atoms with E-state index in [1.807, 2.05) is 6.92 Å². The number of aromatic nitrogens is 1. The lowest BCUT2D eigenvalue weighted by atomic mass is 10.2. The molecule has 0 saturated carbocycles. The van der Waals surface area contributed by atoms with Crippen molar-refractivity contribution < 1.29 is 17.9 Å². The molecular weight excluding hydrogens is 396 g/mol. The number of hydrogen-bond donors (Lipinski definition) is 0. The van der Waals surface area contributed by atoms with Crippen molar-refractivity contribution in [2.24, 2.45) is 4.40 Å². The van der Waals surface area contributed by atoms with E-state index in [9.17, 15) is 13.2 Å². The van der Waals surface area contributed by atoms with E-state index >= 15 is 0 Å². The first kappa shape index (κ1) is 18.6. The van der Waals surface area contributed by atoms with Gasteiger partial charge in [0.25, 0.3) is 10.0 Å². The van der Waals surface area contributed by atoms with Gasteiger partial charge >= 0.3 is 5.97 Å². The Kier molecular flexibility index (Phi) is 5.17. The molecule has 0 N–H and O–H groups in total. The highest BCUT2D eigenvalue weighted by Crippen LogP contribution is 2.22. The summed E-state index contributed by atoms with van der Waals surface area (Å²) >= 11 is 7.15. The molecular formula is C17H15ClN2O4S2. The van der Waals surface area contributed by atoms with Crippen molar-refractivity contribution in [3.05, 3.63) is 57.9 Å². The lowest BCUT2D eigenvalue weighted by Gasteiger charge is -2.04. The van der Waals surface area contributed by atoms with Crippen molar-refractivity contribution in [3.63, 3.8) is 0 Å². The van der Waals surface area contributed by atoms with Crippen LogP contribution in [0.25, 0.3) is 10.2 Å². The van der Waals surface area contributed by atoms with Crippen LogP contribution in [0.15, 0.2) is 51.8 Å². The molecule has 6 nitrogen and oxygen atoms in total. The summed E-state index contributed by atoms with van der Waals surface area (Å²) in [6, 6.07) is 11.5. The number of hydrogen-bond acceptors (Lipinski definition) is 5. The summed E-state index contributed by atoms with van der Waals surface area (Å²) in [6.45, 7) is 1.72. The molecule has 0 aliphatic rings. The van der Waals surface area contributed by atoms with Crippen LogP contribution in [0.1, 0.15) is 5.56 Å². The molecule has 26 heavy (non-hydrogen) atoms. The van der Waals surface area contributed by atoms with Gasteiger partial charge in [-0.1, -0.05) is 40.6 Å². The van der Waals surface area contributed by atoms with Gasteiger partial charge in [0.15, 0.2) is 0 Å². The Morgan fingerprint density at radius 1 is 1.23 bits per heavy atom. The summed E-state index contributed by atoms with van der Waals surface area (Å²) < 4.78 is 36.2. The molecule has 3 aromatic rings. The van der Waals surface area contributed by atoms with E-state index < -0.39 is 16.0 Å². The van der Waals surface area contributed by atoms with Gasteiger partial charge in [-0.3, -0.25) is 4.79 Å². The Balaban J connectivity index is 2.22. The number of nitrogens with zero attached hydrogens (tertiary/aromatic N) is 2. The van der Waals surface area contributed by atoms with Crippen LogP contribution >= 0.6 is 22.9 Å². The number of sulfonamides is 1. The van der Waals surface area contributed by atoms with Crippen LogP contribution in [0.5, 0.6) is 0 Å². The van der Waals surface area contributed by atoms with Gasteiger partial charge in [-0.15, -0.1) is 4.40 Å². The fourth-order valence-electron chi connectivity index (χ4n) is 2.33. The molecule has 136 valence electrons. The van der Waals surface area contributed by atoms with Crippen LogP contribution in [0.3, 0.4) is 0 Å². The van der Waals surface area contributed by atoms with Gasteiger partial charge in [0, 0.05) is 5.02 Å². The third-order valence-electron chi connectivity index (χ3n) is 3.68. The smallest absolute Gasteiger partial charge is 0.325 e. The van der Waals surface area contributed by atoms with E-state index in [0.29, 0.717) is 10.5 Å². The molecule has 0 saturated heterocycles. The van der Waals surface area contributed by atoms with Crippen molar-refractivity contribution in [2.45, 2.75) is 18.4 Å². The van der Waals surface area contributed by atoms with E-state index in [4.69, 9.17) is 16.3 Å². The van der Waals surface area contributed by atoms with Crippen LogP contribution < -0.4 is 4.80 Å². The van der Waals surface area contributed by atoms with Crippen LogP contribution in [0.2, 0.25) is 5.02 Å². The molecule has 0 aliphatic carbocycles. The van der Waals surface area contributed by atoms with Gasteiger partial charge in [-0.25, -0.2) is 0 Å². The highest BCUT2D eigenvalue weighted by atomic mass is 35.5. The Bertz CT molecular complexity index is 1150. The fourth-order valence-corrected chi connectivity index (χ4v) is 4.84. The molecule has 0 atom stereocenters. The van der Waals surface area contributed by atoms with Gasteiger partial charge < -0.3 is 9.30 Å². The SMILES string of the molecule is COC(=O)Cn1/c(=N/S(=O)(=O)c2ccc(C)cc2)sc2cc(Cl)ccc21. The Labute approximate surface area is 159 Å². The maximum atomic E-state index is 12.6. The number of esters is 1. The first-order valence-corrected chi connectivity index (χ1v) is 10.2. The van der Waals surface area contributed by atoms with E-state index in [1.165, 1.54) is 23.8 Å². The number of ether oxygens (including phenoxy) is 1. The molecule has 0 spiro atoms. The number of halogens is 1. The normalized spacial score (nSPS) is 12.5. The minimum atomic E-state index is -3.92. The second-order valence-electron chi connectivity index (χ2n) is 5.54. The van der Waals surface area contributed by atoms with Crippen molar-refractivity contribution >= 4 is 49.1 Å². The average Bonchev–Trinajstić information content (AvgIpc) is 2.90. The fraction of sp³-hybridized carbons (Fsp3) is 0.176. The molecule has 9 heteroatoms. The van der Waals surface area contributed by atoms with Crippen molar-refractivity contribution in [1.29, 1.82) is 0 Å². The van der Waals surface area contributed by atoms with Crippen molar-refractivity contribution in [1.82, 2.24) is 4.57 Å². The summed E-state index contributed by atoms with van der Waals surface area (Å²) in [5.41, 5.74) is 1.60. The number of aryl methyl sites for hydroxylation is 1. The number of thiazole rings is 1. The number of methoxy groups -OCH3 is 1. The predicted molar refractivity (Wildman–Crippen MR) is 101 cm³/mol. The molecule has 1 heterocycles. The Morgan fingerprint density at radius 2 is 1.92 bits per heavy atom. The number of fused-ring (bicyclic) bond motifs is 1. The number of carbonyl (C=O) groups excluding carboxylic acids is 1. The molecule has 1 aromatic heterocycles. The van der Waals surface area contributed by atoms with Crippen molar-refractivity contribution in [3.8, 4) is 0 Å².